The lowest BCUT2D eigenvalue weighted by Gasteiger charge is -2.26. The van der Waals surface area contributed by atoms with Gasteiger partial charge in [-0.2, -0.15) is 0 Å². The maximum Gasteiger partial charge on any atom is 0.124 e. The fourth-order valence-corrected chi connectivity index (χ4v) is 11.5. The topological polar surface area (TPSA) is 16.1 Å². The van der Waals surface area contributed by atoms with Crippen molar-refractivity contribution in [2.24, 2.45) is 0 Å². The Morgan fingerprint density at radius 3 is 1.38 bits per heavy atom. The molecule has 0 aliphatic carbocycles. The Balaban J connectivity index is 0.963. The van der Waals surface area contributed by atoms with E-state index in [9.17, 15) is 0 Å². The first-order chi connectivity index (χ1) is 27.7. The largest absolute Gasteiger partial charge is 0.310 e. The van der Waals surface area contributed by atoms with Crippen LogP contribution in [0.15, 0.2) is 182 Å². The Morgan fingerprint density at radius 1 is 0.321 bits per heavy atom. The second-order valence-corrected chi connectivity index (χ2v) is 17.6. The van der Waals surface area contributed by atoms with Crippen molar-refractivity contribution >= 4 is 123 Å². The molecule has 12 aromatic rings. The molecule has 9 aromatic carbocycles. The molecule has 2 nitrogen and oxygen atoms in total. The van der Waals surface area contributed by atoms with Gasteiger partial charge in [-0.25, -0.2) is 4.98 Å². The van der Waals surface area contributed by atoms with Gasteiger partial charge in [0.1, 0.15) is 5.01 Å². The van der Waals surface area contributed by atoms with Crippen LogP contribution in [-0.2, 0) is 0 Å². The molecule has 0 saturated heterocycles. The molecule has 0 saturated carbocycles. The van der Waals surface area contributed by atoms with Crippen molar-refractivity contribution in [1.82, 2.24) is 4.98 Å². The van der Waals surface area contributed by atoms with Gasteiger partial charge in [0.2, 0.25) is 0 Å². The number of aromatic nitrogens is 1. The molecule has 0 radical (unpaired) electrons. The van der Waals surface area contributed by atoms with Crippen molar-refractivity contribution in [3.63, 3.8) is 0 Å². The summed E-state index contributed by atoms with van der Waals surface area (Å²) in [6, 6.07) is 66.9. The van der Waals surface area contributed by atoms with Gasteiger partial charge in [-0.05, 0) is 118 Å². The molecule has 56 heavy (non-hydrogen) atoms. The van der Waals surface area contributed by atoms with Crippen LogP contribution in [0.5, 0.6) is 0 Å². The summed E-state index contributed by atoms with van der Waals surface area (Å²) in [5.74, 6) is 0. The average molecular weight is 767 g/mol. The summed E-state index contributed by atoms with van der Waals surface area (Å²) < 4.78 is 6.51. The van der Waals surface area contributed by atoms with Crippen LogP contribution in [-0.4, -0.2) is 4.98 Å². The van der Waals surface area contributed by atoms with Crippen molar-refractivity contribution in [3.8, 4) is 21.7 Å². The second kappa shape index (κ2) is 12.6. The smallest absolute Gasteiger partial charge is 0.124 e. The minimum Gasteiger partial charge on any atom is -0.310 e. The van der Waals surface area contributed by atoms with Crippen LogP contribution in [0.4, 0.5) is 17.1 Å². The zero-order valence-electron chi connectivity index (χ0n) is 29.9. The van der Waals surface area contributed by atoms with Crippen molar-refractivity contribution in [2.75, 3.05) is 4.90 Å². The standard InChI is InChI=1S/C51H30N2S3/c1-4-10-46-41(7-1)43-27-34-19-23-39(25-36(34)29-49(43)54-46)53(40-24-20-35-28-44-42-8-2-5-11-47(42)55-50(44)30-37(35)26-40)38-21-17-32(18-22-38)31-13-15-33(16-14-31)51-52-45-9-3-6-12-48(45)56-51/h1-30H. The van der Waals surface area contributed by atoms with Gasteiger partial charge in [0.05, 0.1) is 10.2 Å². The van der Waals surface area contributed by atoms with Gasteiger partial charge in [-0.3, -0.25) is 0 Å². The number of rotatable bonds is 5. The third kappa shape index (κ3) is 5.24. The number of hydrogen-bond acceptors (Lipinski definition) is 5. The molecule has 0 aliphatic heterocycles. The molecule has 5 heteroatoms. The molecule has 0 bridgehead atoms. The first kappa shape index (κ1) is 31.9. The van der Waals surface area contributed by atoms with Crippen LogP contribution in [0.3, 0.4) is 0 Å². The predicted molar refractivity (Wildman–Crippen MR) is 246 cm³/mol. The molecule has 0 spiro atoms. The lowest BCUT2D eigenvalue weighted by Crippen LogP contribution is -2.09. The summed E-state index contributed by atoms with van der Waals surface area (Å²) in [4.78, 5) is 7.28. The Hall–Kier alpha value is -6.37. The fraction of sp³-hybridized carbons (Fsp3) is 0. The van der Waals surface area contributed by atoms with Crippen molar-refractivity contribution in [3.05, 3.63) is 182 Å². The summed E-state index contributed by atoms with van der Waals surface area (Å²) in [6.07, 6.45) is 0. The van der Waals surface area contributed by atoms with E-state index < -0.39 is 0 Å². The number of benzene rings is 9. The second-order valence-electron chi connectivity index (χ2n) is 14.4. The van der Waals surface area contributed by atoms with Gasteiger partial charge < -0.3 is 4.90 Å². The SMILES string of the molecule is c1ccc2sc(-c3ccc(-c4ccc(N(c5ccc6cc7c(cc6c5)sc5ccccc57)c5ccc6cc7c(cc6c5)sc5ccccc57)cc4)cc3)nc2c1. The Kier molecular flexibility index (Phi) is 7.18. The van der Waals surface area contributed by atoms with Crippen LogP contribution in [0.2, 0.25) is 0 Å². The van der Waals surface area contributed by atoms with E-state index in [0.29, 0.717) is 0 Å². The monoisotopic (exact) mass is 766 g/mol. The van der Waals surface area contributed by atoms with Gasteiger partial charge in [-0.15, -0.1) is 34.0 Å². The van der Waals surface area contributed by atoms with E-state index in [1.54, 1.807) is 11.3 Å². The predicted octanol–water partition coefficient (Wildman–Crippen LogP) is 16.1. The third-order valence-electron chi connectivity index (χ3n) is 11.0. The third-order valence-corrected chi connectivity index (χ3v) is 14.4. The molecule has 3 aromatic heterocycles. The summed E-state index contributed by atoms with van der Waals surface area (Å²) in [6.45, 7) is 0. The number of thiazole rings is 1. The number of anilines is 3. The maximum atomic E-state index is 4.88. The van der Waals surface area contributed by atoms with Crippen molar-refractivity contribution in [1.29, 1.82) is 0 Å². The van der Waals surface area contributed by atoms with E-state index in [1.165, 1.54) is 77.7 Å². The number of nitrogens with zero attached hydrogens (tertiary/aromatic N) is 2. The Labute approximate surface area is 334 Å². The highest BCUT2D eigenvalue weighted by Crippen LogP contribution is 2.43. The highest BCUT2D eigenvalue weighted by molar-refractivity contribution is 7.26. The lowest BCUT2D eigenvalue weighted by molar-refractivity contribution is 1.29. The molecule has 262 valence electrons. The zero-order chi connectivity index (χ0) is 36.7. The Morgan fingerprint density at radius 2 is 0.804 bits per heavy atom. The maximum absolute atomic E-state index is 4.88. The van der Waals surface area contributed by atoms with E-state index in [-0.39, 0.29) is 0 Å². The summed E-state index contributed by atoms with van der Waals surface area (Å²) in [5, 5.41) is 11.3. The number of thiophene rings is 2. The van der Waals surface area contributed by atoms with Crippen LogP contribution in [0.25, 0.3) is 93.8 Å². The number of fused-ring (bicyclic) bond motifs is 9. The molecule has 12 rings (SSSR count). The molecule has 0 atom stereocenters. The highest BCUT2D eigenvalue weighted by atomic mass is 32.1. The van der Waals surface area contributed by atoms with Gasteiger partial charge >= 0.3 is 0 Å². The van der Waals surface area contributed by atoms with Gasteiger partial charge in [0.15, 0.2) is 0 Å². The number of hydrogen-bond donors (Lipinski definition) is 0. The molecule has 3 heterocycles. The van der Waals surface area contributed by atoms with Crippen molar-refractivity contribution < 1.29 is 0 Å². The molecular formula is C51H30N2S3. The molecule has 0 N–H and O–H groups in total. The quantitative estimate of drug-likeness (QED) is 0.173. The van der Waals surface area contributed by atoms with E-state index in [0.717, 1.165) is 33.1 Å². The summed E-state index contributed by atoms with van der Waals surface area (Å²) >= 11 is 5.48. The van der Waals surface area contributed by atoms with E-state index >= 15 is 0 Å². The van der Waals surface area contributed by atoms with Gasteiger partial charge in [0, 0.05) is 63.0 Å². The van der Waals surface area contributed by atoms with Crippen LogP contribution >= 0.6 is 34.0 Å². The summed E-state index contributed by atoms with van der Waals surface area (Å²) in [7, 11) is 0. The molecule has 0 fully saturated rings. The van der Waals surface area contributed by atoms with Crippen LogP contribution < -0.4 is 4.90 Å². The minimum atomic E-state index is 1.05. The zero-order valence-corrected chi connectivity index (χ0v) is 32.4. The molecule has 0 aliphatic rings. The first-order valence-corrected chi connectivity index (χ1v) is 21.2. The van der Waals surface area contributed by atoms with Gasteiger partial charge in [0.25, 0.3) is 0 Å². The average Bonchev–Trinajstić information content (AvgIpc) is 3.95. The van der Waals surface area contributed by atoms with Gasteiger partial charge in [-0.1, -0.05) is 97.1 Å². The highest BCUT2D eigenvalue weighted by Gasteiger charge is 2.17. The van der Waals surface area contributed by atoms with Crippen LogP contribution in [0.1, 0.15) is 0 Å². The fourth-order valence-electron chi connectivity index (χ4n) is 8.24. The molecular weight excluding hydrogens is 737 g/mol. The molecule has 0 unspecified atom stereocenters. The van der Waals surface area contributed by atoms with Crippen LogP contribution in [0, 0.1) is 0 Å². The molecule has 0 amide bonds. The minimum absolute atomic E-state index is 1.05. The van der Waals surface area contributed by atoms with E-state index in [1.807, 2.05) is 28.7 Å². The van der Waals surface area contributed by atoms with E-state index in [2.05, 4.69) is 181 Å². The first-order valence-electron chi connectivity index (χ1n) is 18.8. The normalized spacial score (nSPS) is 11.9. The van der Waals surface area contributed by atoms with Crippen molar-refractivity contribution in [2.45, 2.75) is 0 Å². The summed E-state index contributed by atoms with van der Waals surface area (Å²) in [5.41, 5.74) is 7.94. The number of para-hydroxylation sites is 1. The lowest BCUT2D eigenvalue weighted by atomic mass is 10.0. The Bertz CT molecular complexity index is 3290. The van der Waals surface area contributed by atoms with E-state index in [4.69, 9.17) is 4.98 Å².